The van der Waals surface area contributed by atoms with Crippen molar-refractivity contribution in [1.29, 1.82) is 0 Å². The Kier molecular flexibility index (Phi) is 4.73. The van der Waals surface area contributed by atoms with E-state index in [0.717, 1.165) is 0 Å². The number of carbonyl (C=O) groups excluding carboxylic acids is 2. The van der Waals surface area contributed by atoms with Gasteiger partial charge in [0.25, 0.3) is 0 Å². The number of hydrogen-bond donors (Lipinski definition) is 0. The highest BCUT2D eigenvalue weighted by Crippen LogP contribution is 2.34. The molecule has 1 atom stereocenters. The van der Waals surface area contributed by atoms with Crippen molar-refractivity contribution in [3.8, 4) is 5.75 Å². The largest absolute Gasteiger partial charge is 0.492 e. The van der Waals surface area contributed by atoms with Crippen LogP contribution in [0.5, 0.6) is 5.75 Å². The zero-order valence-corrected chi connectivity index (χ0v) is 15.8. The predicted octanol–water partition coefficient (Wildman–Crippen LogP) is 3.24. The summed E-state index contributed by atoms with van der Waals surface area (Å²) in [4.78, 5) is 32.9. The maximum Gasteiger partial charge on any atom is 0.304 e. The van der Waals surface area contributed by atoms with Crippen molar-refractivity contribution in [3.05, 3.63) is 48.5 Å². The van der Waals surface area contributed by atoms with Gasteiger partial charge in [-0.25, -0.2) is 0 Å². The third kappa shape index (κ3) is 3.19. The van der Waals surface area contributed by atoms with E-state index in [1.807, 2.05) is 49.4 Å². The van der Waals surface area contributed by atoms with Gasteiger partial charge >= 0.3 is 6.01 Å². The van der Waals surface area contributed by atoms with Gasteiger partial charge in [-0.15, -0.1) is 0 Å². The second-order valence-corrected chi connectivity index (χ2v) is 6.67. The molecule has 0 saturated carbocycles. The number of oxazole rings is 1. The summed E-state index contributed by atoms with van der Waals surface area (Å²) in [5, 5.41) is 0. The molecule has 28 heavy (non-hydrogen) atoms. The van der Waals surface area contributed by atoms with Crippen molar-refractivity contribution in [2.24, 2.45) is 5.92 Å². The average molecular weight is 379 g/mol. The van der Waals surface area contributed by atoms with Crippen LogP contribution in [0.4, 0.5) is 11.7 Å². The minimum atomic E-state index is -0.470. The molecule has 1 aromatic heterocycles. The number of aromatic nitrogens is 1. The molecule has 0 radical (unpaired) electrons. The van der Waals surface area contributed by atoms with E-state index in [1.165, 1.54) is 4.90 Å². The van der Waals surface area contributed by atoms with E-state index in [-0.39, 0.29) is 24.2 Å². The Morgan fingerprint density at radius 3 is 2.79 bits per heavy atom. The Hall–Kier alpha value is -3.35. The topological polar surface area (TPSA) is 75.9 Å². The maximum atomic E-state index is 13.0. The van der Waals surface area contributed by atoms with E-state index < -0.39 is 5.92 Å². The summed E-state index contributed by atoms with van der Waals surface area (Å²) >= 11 is 0. The fourth-order valence-electron chi connectivity index (χ4n) is 3.44. The Bertz CT molecular complexity index is 996. The molecule has 7 nitrogen and oxygen atoms in total. The molecule has 1 fully saturated rings. The van der Waals surface area contributed by atoms with Crippen LogP contribution in [-0.2, 0) is 9.59 Å². The third-order valence-corrected chi connectivity index (χ3v) is 4.83. The smallest absolute Gasteiger partial charge is 0.304 e. The number of para-hydroxylation sites is 4. The van der Waals surface area contributed by atoms with E-state index in [4.69, 9.17) is 9.15 Å². The quantitative estimate of drug-likeness (QED) is 0.680. The SMILES string of the molecule is CCOc1ccccc1N1CC(C(=O)N(C)c2nc3ccccc3o2)CC1=O. The van der Waals surface area contributed by atoms with Crippen LogP contribution in [0.2, 0.25) is 0 Å². The van der Waals surface area contributed by atoms with Crippen LogP contribution in [0.3, 0.4) is 0 Å². The maximum absolute atomic E-state index is 13.0. The average Bonchev–Trinajstić information content (AvgIpc) is 3.31. The van der Waals surface area contributed by atoms with Gasteiger partial charge in [-0.05, 0) is 31.2 Å². The van der Waals surface area contributed by atoms with Crippen LogP contribution in [0.1, 0.15) is 13.3 Å². The molecule has 2 aromatic carbocycles. The van der Waals surface area contributed by atoms with Gasteiger partial charge in [0.1, 0.15) is 11.3 Å². The van der Waals surface area contributed by atoms with E-state index in [2.05, 4.69) is 4.98 Å². The Balaban J connectivity index is 1.54. The van der Waals surface area contributed by atoms with E-state index in [1.54, 1.807) is 18.0 Å². The molecule has 7 heteroatoms. The van der Waals surface area contributed by atoms with E-state index in [9.17, 15) is 9.59 Å². The molecular weight excluding hydrogens is 358 g/mol. The Morgan fingerprint density at radius 1 is 1.25 bits per heavy atom. The zero-order valence-electron chi connectivity index (χ0n) is 15.8. The molecule has 4 rings (SSSR count). The summed E-state index contributed by atoms with van der Waals surface area (Å²) in [6, 6.07) is 14.9. The molecule has 0 N–H and O–H groups in total. The van der Waals surface area contributed by atoms with Crippen molar-refractivity contribution < 1.29 is 18.7 Å². The number of hydrogen-bond acceptors (Lipinski definition) is 5. The lowest BCUT2D eigenvalue weighted by molar-refractivity contribution is -0.124. The van der Waals surface area contributed by atoms with Gasteiger partial charge < -0.3 is 14.1 Å². The van der Waals surface area contributed by atoms with Crippen molar-refractivity contribution >= 4 is 34.6 Å². The lowest BCUT2D eigenvalue weighted by atomic mass is 10.1. The van der Waals surface area contributed by atoms with Gasteiger partial charge in [-0.2, -0.15) is 4.98 Å². The lowest BCUT2D eigenvalue weighted by Crippen LogP contribution is -2.35. The molecular formula is C21H21N3O4. The zero-order chi connectivity index (χ0) is 19.7. The Labute approximate surface area is 162 Å². The van der Waals surface area contributed by atoms with Crippen LogP contribution < -0.4 is 14.5 Å². The third-order valence-electron chi connectivity index (χ3n) is 4.83. The normalized spacial score (nSPS) is 16.6. The van der Waals surface area contributed by atoms with E-state index in [0.29, 0.717) is 35.7 Å². The number of nitrogens with zero attached hydrogens (tertiary/aromatic N) is 3. The van der Waals surface area contributed by atoms with Crippen LogP contribution in [0.25, 0.3) is 11.1 Å². The molecule has 0 aliphatic carbocycles. The first-order valence-corrected chi connectivity index (χ1v) is 9.23. The molecule has 144 valence electrons. The molecule has 0 spiro atoms. The lowest BCUT2D eigenvalue weighted by Gasteiger charge is -2.21. The first kappa shape index (κ1) is 18.0. The van der Waals surface area contributed by atoms with Crippen LogP contribution in [-0.4, -0.2) is 37.0 Å². The van der Waals surface area contributed by atoms with E-state index >= 15 is 0 Å². The van der Waals surface area contributed by atoms with Crippen LogP contribution in [0.15, 0.2) is 52.9 Å². The fraction of sp³-hybridized carbons (Fsp3) is 0.286. The summed E-state index contributed by atoms with van der Waals surface area (Å²) in [5.41, 5.74) is 1.99. The highest BCUT2D eigenvalue weighted by atomic mass is 16.5. The monoisotopic (exact) mass is 379 g/mol. The predicted molar refractivity (Wildman–Crippen MR) is 105 cm³/mol. The molecule has 2 heterocycles. The summed E-state index contributed by atoms with van der Waals surface area (Å²) in [6.07, 6.45) is 0.143. The minimum absolute atomic E-state index is 0.100. The van der Waals surface area contributed by atoms with Gasteiger partial charge in [-0.3, -0.25) is 14.5 Å². The number of rotatable bonds is 5. The first-order valence-electron chi connectivity index (χ1n) is 9.23. The number of fused-ring (bicyclic) bond motifs is 1. The fourth-order valence-corrected chi connectivity index (χ4v) is 3.44. The molecule has 3 aromatic rings. The Morgan fingerprint density at radius 2 is 2.00 bits per heavy atom. The molecule has 1 saturated heterocycles. The summed E-state index contributed by atoms with van der Waals surface area (Å²) in [6.45, 7) is 2.69. The van der Waals surface area contributed by atoms with Gasteiger partial charge in [0, 0.05) is 20.0 Å². The number of carbonyl (C=O) groups is 2. The summed E-state index contributed by atoms with van der Waals surface area (Å²) < 4.78 is 11.3. The van der Waals surface area contributed by atoms with Crippen LogP contribution in [0, 0.1) is 5.92 Å². The highest BCUT2D eigenvalue weighted by Gasteiger charge is 2.38. The molecule has 1 aliphatic heterocycles. The highest BCUT2D eigenvalue weighted by molar-refractivity contribution is 6.04. The van der Waals surface area contributed by atoms with Gasteiger partial charge in [0.2, 0.25) is 11.8 Å². The van der Waals surface area contributed by atoms with Crippen molar-refractivity contribution in [2.45, 2.75) is 13.3 Å². The molecule has 1 unspecified atom stereocenters. The second kappa shape index (κ2) is 7.34. The number of ether oxygens (including phenoxy) is 1. The molecule has 2 amide bonds. The van der Waals surface area contributed by atoms with Gasteiger partial charge in [0.15, 0.2) is 5.58 Å². The standard InChI is InChI=1S/C21H21N3O4/c1-3-27-18-11-7-5-9-16(18)24-13-14(12-19(24)25)20(26)23(2)21-22-15-8-4-6-10-17(15)28-21/h4-11,14H,3,12-13H2,1-2H3. The number of amides is 2. The summed E-state index contributed by atoms with van der Waals surface area (Å²) in [5.74, 6) is -0.131. The first-order chi connectivity index (χ1) is 13.6. The second-order valence-electron chi connectivity index (χ2n) is 6.67. The molecule has 0 bridgehead atoms. The van der Waals surface area contributed by atoms with Crippen molar-refractivity contribution in [2.75, 3.05) is 30.0 Å². The van der Waals surface area contributed by atoms with Gasteiger partial charge in [0.05, 0.1) is 18.2 Å². The van der Waals surface area contributed by atoms with Gasteiger partial charge in [-0.1, -0.05) is 24.3 Å². The molecule has 1 aliphatic rings. The minimum Gasteiger partial charge on any atom is -0.492 e. The number of benzene rings is 2. The van der Waals surface area contributed by atoms with Crippen molar-refractivity contribution in [3.63, 3.8) is 0 Å². The van der Waals surface area contributed by atoms with Crippen molar-refractivity contribution in [1.82, 2.24) is 4.98 Å². The van der Waals surface area contributed by atoms with Crippen LogP contribution >= 0.6 is 0 Å². The summed E-state index contributed by atoms with van der Waals surface area (Å²) in [7, 11) is 1.62. The number of anilines is 2.